The van der Waals surface area contributed by atoms with Crippen LogP contribution in [0.15, 0.2) is 42.5 Å². The van der Waals surface area contributed by atoms with E-state index in [4.69, 9.17) is 9.47 Å². The summed E-state index contributed by atoms with van der Waals surface area (Å²) in [4.78, 5) is 11.1. The predicted molar refractivity (Wildman–Crippen MR) is 94.0 cm³/mol. The number of hydrogen-bond donors (Lipinski definition) is 1. The Kier molecular flexibility index (Phi) is 6.49. The molecule has 0 spiro atoms. The SMILES string of the molecule is COC(=O)Nc1ccc(OCCCOc2cc(C)ccc2C)cc1. The first-order chi connectivity index (χ1) is 11.6. The summed E-state index contributed by atoms with van der Waals surface area (Å²) >= 11 is 0. The quantitative estimate of drug-likeness (QED) is 0.768. The molecule has 0 saturated carbocycles. The van der Waals surface area contributed by atoms with Crippen LogP contribution in [0.3, 0.4) is 0 Å². The molecule has 0 bridgehead atoms. The van der Waals surface area contributed by atoms with Gasteiger partial charge in [0.2, 0.25) is 0 Å². The monoisotopic (exact) mass is 329 g/mol. The van der Waals surface area contributed by atoms with Crippen molar-refractivity contribution in [1.82, 2.24) is 0 Å². The molecule has 0 aromatic heterocycles. The zero-order chi connectivity index (χ0) is 17.4. The standard InChI is InChI=1S/C19H23NO4/c1-14-5-6-15(2)18(13-14)24-12-4-11-23-17-9-7-16(8-10-17)20-19(21)22-3/h5-10,13H,4,11-12H2,1-3H3,(H,20,21). The van der Waals surface area contributed by atoms with Crippen molar-refractivity contribution in [2.45, 2.75) is 20.3 Å². The fourth-order valence-electron chi connectivity index (χ4n) is 2.10. The zero-order valence-electron chi connectivity index (χ0n) is 14.3. The Labute approximate surface area is 142 Å². The summed E-state index contributed by atoms with van der Waals surface area (Å²) in [6.45, 7) is 5.25. The zero-order valence-corrected chi connectivity index (χ0v) is 14.3. The highest BCUT2D eigenvalue weighted by Crippen LogP contribution is 2.19. The van der Waals surface area contributed by atoms with Crippen molar-refractivity contribution >= 4 is 11.8 Å². The Hall–Kier alpha value is -2.69. The third-order valence-corrected chi connectivity index (χ3v) is 3.44. The molecule has 0 radical (unpaired) electrons. The fourth-order valence-corrected chi connectivity index (χ4v) is 2.10. The molecule has 0 atom stereocenters. The summed E-state index contributed by atoms with van der Waals surface area (Å²) in [6, 6.07) is 13.3. The lowest BCUT2D eigenvalue weighted by molar-refractivity contribution is 0.187. The maximum atomic E-state index is 11.1. The Bertz CT molecular complexity index is 668. The van der Waals surface area contributed by atoms with Gasteiger partial charge in [0, 0.05) is 12.1 Å². The van der Waals surface area contributed by atoms with Crippen LogP contribution in [0, 0.1) is 13.8 Å². The van der Waals surface area contributed by atoms with E-state index in [1.807, 2.05) is 19.9 Å². The van der Waals surface area contributed by atoms with Crippen molar-refractivity contribution in [3.05, 3.63) is 53.6 Å². The number of anilines is 1. The van der Waals surface area contributed by atoms with Crippen molar-refractivity contribution in [2.24, 2.45) is 0 Å². The van der Waals surface area contributed by atoms with Gasteiger partial charge >= 0.3 is 6.09 Å². The first-order valence-corrected chi connectivity index (χ1v) is 7.86. The number of methoxy groups -OCH3 is 1. The Morgan fingerprint density at radius 3 is 2.42 bits per heavy atom. The molecule has 0 saturated heterocycles. The minimum absolute atomic E-state index is 0.493. The molecular weight excluding hydrogens is 306 g/mol. The third-order valence-electron chi connectivity index (χ3n) is 3.44. The van der Waals surface area contributed by atoms with E-state index in [2.05, 4.69) is 22.2 Å². The van der Waals surface area contributed by atoms with E-state index in [1.165, 1.54) is 12.7 Å². The second kappa shape index (κ2) is 8.82. The van der Waals surface area contributed by atoms with Gasteiger partial charge in [0.25, 0.3) is 0 Å². The molecular formula is C19H23NO4. The van der Waals surface area contributed by atoms with Gasteiger partial charge in [-0.2, -0.15) is 0 Å². The Morgan fingerprint density at radius 2 is 1.71 bits per heavy atom. The molecule has 2 aromatic rings. The fraction of sp³-hybridized carbons (Fsp3) is 0.316. The van der Waals surface area contributed by atoms with Crippen LogP contribution >= 0.6 is 0 Å². The van der Waals surface area contributed by atoms with Crippen LogP contribution < -0.4 is 14.8 Å². The molecule has 0 unspecified atom stereocenters. The second-order valence-electron chi connectivity index (χ2n) is 5.46. The number of nitrogens with one attached hydrogen (secondary N) is 1. The summed E-state index contributed by atoms with van der Waals surface area (Å²) in [5.41, 5.74) is 2.98. The smallest absolute Gasteiger partial charge is 0.411 e. The van der Waals surface area contributed by atoms with Crippen LogP contribution in [0.2, 0.25) is 0 Å². The molecule has 2 aromatic carbocycles. The first-order valence-electron chi connectivity index (χ1n) is 7.86. The summed E-state index contributed by atoms with van der Waals surface area (Å²) in [7, 11) is 1.33. The molecule has 2 rings (SSSR count). The summed E-state index contributed by atoms with van der Waals surface area (Å²) in [6.07, 6.45) is 0.294. The van der Waals surface area contributed by atoms with Crippen molar-refractivity contribution in [3.63, 3.8) is 0 Å². The number of rotatable bonds is 7. The molecule has 1 amide bonds. The van der Waals surface area contributed by atoms with E-state index in [-0.39, 0.29) is 0 Å². The number of benzene rings is 2. The minimum Gasteiger partial charge on any atom is -0.493 e. The topological polar surface area (TPSA) is 56.8 Å². The van der Waals surface area contributed by atoms with E-state index in [9.17, 15) is 4.79 Å². The largest absolute Gasteiger partial charge is 0.493 e. The Morgan fingerprint density at radius 1 is 1.00 bits per heavy atom. The lowest BCUT2D eigenvalue weighted by atomic mass is 10.1. The molecule has 1 N–H and O–H groups in total. The average Bonchev–Trinajstić information content (AvgIpc) is 2.59. The van der Waals surface area contributed by atoms with Crippen molar-refractivity contribution in [3.8, 4) is 11.5 Å². The van der Waals surface area contributed by atoms with Crippen LogP contribution in [0.4, 0.5) is 10.5 Å². The van der Waals surface area contributed by atoms with Crippen molar-refractivity contribution in [1.29, 1.82) is 0 Å². The van der Waals surface area contributed by atoms with Crippen molar-refractivity contribution in [2.75, 3.05) is 25.6 Å². The molecule has 24 heavy (non-hydrogen) atoms. The van der Waals surface area contributed by atoms with Crippen molar-refractivity contribution < 1.29 is 19.0 Å². The van der Waals surface area contributed by atoms with Gasteiger partial charge < -0.3 is 14.2 Å². The van der Waals surface area contributed by atoms with Gasteiger partial charge in [0.15, 0.2) is 0 Å². The molecule has 128 valence electrons. The number of ether oxygens (including phenoxy) is 3. The van der Waals surface area contributed by atoms with Gasteiger partial charge in [-0.3, -0.25) is 5.32 Å². The molecule has 5 heteroatoms. The third kappa shape index (κ3) is 5.50. The van der Waals surface area contributed by atoms with Crippen LogP contribution in [-0.4, -0.2) is 26.4 Å². The van der Waals surface area contributed by atoms with Gasteiger partial charge in [0.05, 0.1) is 20.3 Å². The highest BCUT2D eigenvalue weighted by molar-refractivity contribution is 5.84. The van der Waals surface area contributed by atoms with Crippen LogP contribution in [0.5, 0.6) is 11.5 Å². The van der Waals surface area contributed by atoms with Gasteiger partial charge in [-0.05, 0) is 55.3 Å². The molecule has 0 aliphatic heterocycles. The van der Waals surface area contributed by atoms with E-state index < -0.39 is 6.09 Å². The average molecular weight is 329 g/mol. The molecule has 0 aliphatic carbocycles. The highest BCUT2D eigenvalue weighted by atomic mass is 16.5. The van der Waals surface area contributed by atoms with E-state index in [0.29, 0.717) is 18.9 Å². The first kappa shape index (κ1) is 17.7. The highest BCUT2D eigenvalue weighted by Gasteiger charge is 2.02. The lowest BCUT2D eigenvalue weighted by Crippen LogP contribution is -2.10. The summed E-state index contributed by atoms with van der Waals surface area (Å²) in [5, 5.41) is 2.59. The van der Waals surface area contributed by atoms with Gasteiger partial charge in [-0.15, -0.1) is 0 Å². The number of carbonyl (C=O) groups excluding carboxylic acids is 1. The molecule has 5 nitrogen and oxygen atoms in total. The van der Waals surface area contributed by atoms with Crippen LogP contribution in [-0.2, 0) is 4.74 Å². The predicted octanol–water partition coefficient (Wildman–Crippen LogP) is 4.33. The number of amides is 1. The Balaban J connectivity index is 1.70. The lowest BCUT2D eigenvalue weighted by Gasteiger charge is -2.11. The number of hydrogen-bond acceptors (Lipinski definition) is 4. The van der Waals surface area contributed by atoms with Crippen LogP contribution in [0.25, 0.3) is 0 Å². The molecule has 0 fully saturated rings. The minimum atomic E-state index is -0.493. The summed E-state index contributed by atoms with van der Waals surface area (Å²) in [5.74, 6) is 1.67. The van der Waals surface area contributed by atoms with E-state index in [0.717, 1.165) is 23.5 Å². The van der Waals surface area contributed by atoms with Gasteiger partial charge in [-0.1, -0.05) is 12.1 Å². The van der Waals surface area contributed by atoms with Gasteiger partial charge in [-0.25, -0.2) is 4.79 Å². The number of aryl methyl sites for hydroxylation is 2. The normalized spacial score (nSPS) is 10.1. The van der Waals surface area contributed by atoms with Gasteiger partial charge in [0.1, 0.15) is 11.5 Å². The van der Waals surface area contributed by atoms with Crippen LogP contribution in [0.1, 0.15) is 17.5 Å². The maximum Gasteiger partial charge on any atom is 0.411 e. The summed E-state index contributed by atoms with van der Waals surface area (Å²) < 4.78 is 16.0. The maximum absolute atomic E-state index is 11.1. The second-order valence-corrected chi connectivity index (χ2v) is 5.46. The number of carbonyl (C=O) groups is 1. The molecule has 0 aliphatic rings. The van der Waals surface area contributed by atoms with E-state index in [1.54, 1.807) is 24.3 Å². The van der Waals surface area contributed by atoms with E-state index >= 15 is 0 Å². The molecule has 0 heterocycles.